The van der Waals surface area contributed by atoms with Crippen LogP contribution in [-0.2, 0) is 17.6 Å². The van der Waals surface area contributed by atoms with Gasteiger partial charge in [0.2, 0.25) is 5.91 Å². The van der Waals surface area contributed by atoms with E-state index in [2.05, 4.69) is 21.7 Å². The molecule has 0 bridgehead atoms. The number of amides is 1. The molecule has 0 aromatic carbocycles. The molecule has 3 nitrogen and oxygen atoms in total. The Morgan fingerprint density at radius 2 is 2.35 bits per heavy atom. The van der Waals surface area contributed by atoms with Crippen LogP contribution >= 0.6 is 22.7 Å². The van der Waals surface area contributed by atoms with Gasteiger partial charge in [0.1, 0.15) is 0 Å². The van der Waals surface area contributed by atoms with Crippen molar-refractivity contribution in [2.45, 2.75) is 19.3 Å². The van der Waals surface area contributed by atoms with Gasteiger partial charge in [-0.1, -0.05) is 6.07 Å². The SMILES string of the molecule is O=C(CCc1cscn1)NCCc1cccs1. The van der Waals surface area contributed by atoms with E-state index in [0.29, 0.717) is 6.42 Å². The Labute approximate surface area is 109 Å². The Balaban J connectivity index is 1.61. The molecule has 2 aromatic rings. The summed E-state index contributed by atoms with van der Waals surface area (Å²) in [6.45, 7) is 0.719. The lowest BCUT2D eigenvalue weighted by molar-refractivity contribution is -0.121. The standard InChI is InChI=1S/C12H14N2OS2/c15-12(4-3-10-8-16-9-14-10)13-6-5-11-2-1-7-17-11/h1-2,7-9H,3-6H2,(H,13,15). The Hall–Kier alpha value is -1.20. The molecule has 0 saturated carbocycles. The van der Waals surface area contributed by atoms with Crippen LogP contribution in [0, 0.1) is 0 Å². The lowest BCUT2D eigenvalue weighted by Crippen LogP contribution is -2.25. The first-order valence-corrected chi connectivity index (χ1v) is 7.33. The van der Waals surface area contributed by atoms with Gasteiger partial charge in [-0.3, -0.25) is 4.79 Å². The molecule has 90 valence electrons. The van der Waals surface area contributed by atoms with Crippen molar-refractivity contribution in [2.24, 2.45) is 0 Å². The summed E-state index contributed by atoms with van der Waals surface area (Å²) >= 11 is 3.29. The highest BCUT2D eigenvalue weighted by molar-refractivity contribution is 7.09. The third kappa shape index (κ3) is 4.28. The van der Waals surface area contributed by atoms with Gasteiger partial charge in [-0.05, 0) is 24.3 Å². The highest BCUT2D eigenvalue weighted by Crippen LogP contribution is 2.08. The fourth-order valence-electron chi connectivity index (χ4n) is 1.47. The molecule has 0 unspecified atom stereocenters. The predicted molar refractivity (Wildman–Crippen MR) is 71.5 cm³/mol. The summed E-state index contributed by atoms with van der Waals surface area (Å²) < 4.78 is 0. The quantitative estimate of drug-likeness (QED) is 0.873. The monoisotopic (exact) mass is 266 g/mol. The molecule has 2 rings (SSSR count). The van der Waals surface area contributed by atoms with Crippen LogP contribution in [0.1, 0.15) is 17.0 Å². The first kappa shape index (κ1) is 12.3. The second-order valence-electron chi connectivity index (χ2n) is 3.66. The summed E-state index contributed by atoms with van der Waals surface area (Å²) in [4.78, 5) is 17.0. The van der Waals surface area contributed by atoms with E-state index in [-0.39, 0.29) is 5.91 Å². The van der Waals surface area contributed by atoms with Crippen LogP contribution in [-0.4, -0.2) is 17.4 Å². The topological polar surface area (TPSA) is 42.0 Å². The minimum absolute atomic E-state index is 0.106. The first-order valence-electron chi connectivity index (χ1n) is 5.51. The van der Waals surface area contributed by atoms with Crippen LogP contribution in [0.4, 0.5) is 0 Å². The zero-order valence-corrected chi connectivity index (χ0v) is 11.0. The van der Waals surface area contributed by atoms with Gasteiger partial charge < -0.3 is 5.32 Å². The highest BCUT2D eigenvalue weighted by Gasteiger charge is 2.03. The minimum atomic E-state index is 0.106. The van der Waals surface area contributed by atoms with Gasteiger partial charge in [-0.15, -0.1) is 22.7 Å². The summed E-state index contributed by atoms with van der Waals surface area (Å²) in [5.41, 5.74) is 2.80. The maximum Gasteiger partial charge on any atom is 0.220 e. The van der Waals surface area contributed by atoms with Crippen molar-refractivity contribution in [1.29, 1.82) is 0 Å². The molecule has 17 heavy (non-hydrogen) atoms. The van der Waals surface area contributed by atoms with Crippen LogP contribution in [0.25, 0.3) is 0 Å². The van der Waals surface area contributed by atoms with E-state index in [4.69, 9.17) is 0 Å². The van der Waals surface area contributed by atoms with Crippen molar-refractivity contribution >= 4 is 28.6 Å². The van der Waals surface area contributed by atoms with Crippen molar-refractivity contribution in [2.75, 3.05) is 6.54 Å². The van der Waals surface area contributed by atoms with E-state index in [1.54, 1.807) is 28.2 Å². The summed E-state index contributed by atoms with van der Waals surface area (Å²) in [5, 5.41) is 6.97. The summed E-state index contributed by atoms with van der Waals surface area (Å²) in [5.74, 6) is 0.106. The lowest BCUT2D eigenvalue weighted by Gasteiger charge is -2.03. The second kappa shape index (κ2) is 6.51. The van der Waals surface area contributed by atoms with Gasteiger partial charge in [-0.2, -0.15) is 0 Å². The van der Waals surface area contributed by atoms with Gasteiger partial charge in [0, 0.05) is 23.2 Å². The van der Waals surface area contributed by atoms with Crippen LogP contribution in [0.3, 0.4) is 0 Å². The molecular weight excluding hydrogens is 252 g/mol. The molecule has 1 N–H and O–H groups in total. The van der Waals surface area contributed by atoms with Gasteiger partial charge >= 0.3 is 0 Å². The number of thiazole rings is 1. The number of carbonyl (C=O) groups excluding carboxylic acids is 1. The number of nitrogens with one attached hydrogen (secondary N) is 1. The first-order chi connectivity index (χ1) is 8.34. The Morgan fingerprint density at radius 1 is 1.41 bits per heavy atom. The summed E-state index contributed by atoms with van der Waals surface area (Å²) in [7, 11) is 0. The number of rotatable bonds is 6. The molecule has 1 amide bonds. The van der Waals surface area contributed by atoms with Crippen molar-refractivity contribution < 1.29 is 4.79 Å². The third-order valence-corrected chi connectivity index (χ3v) is 3.94. The maximum absolute atomic E-state index is 11.5. The zero-order valence-electron chi connectivity index (χ0n) is 9.39. The maximum atomic E-state index is 11.5. The molecule has 0 fully saturated rings. The molecule has 0 aliphatic heterocycles. The molecule has 0 atom stereocenters. The third-order valence-electron chi connectivity index (χ3n) is 2.37. The molecule has 2 aromatic heterocycles. The van der Waals surface area contributed by atoms with Crippen molar-refractivity contribution in [1.82, 2.24) is 10.3 Å². The van der Waals surface area contributed by atoms with Crippen molar-refractivity contribution in [3.8, 4) is 0 Å². The van der Waals surface area contributed by atoms with E-state index in [1.165, 1.54) is 4.88 Å². The molecule has 5 heteroatoms. The van der Waals surface area contributed by atoms with Gasteiger partial charge in [0.15, 0.2) is 0 Å². The second-order valence-corrected chi connectivity index (χ2v) is 5.41. The normalized spacial score (nSPS) is 10.4. The number of hydrogen-bond acceptors (Lipinski definition) is 4. The van der Waals surface area contributed by atoms with E-state index < -0.39 is 0 Å². The minimum Gasteiger partial charge on any atom is -0.356 e. The summed E-state index contributed by atoms with van der Waals surface area (Å²) in [6.07, 6.45) is 2.17. The number of hydrogen-bond donors (Lipinski definition) is 1. The largest absolute Gasteiger partial charge is 0.356 e. The summed E-state index contributed by atoms with van der Waals surface area (Å²) in [6, 6.07) is 4.12. The van der Waals surface area contributed by atoms with Crippen molar-refractivity contribution in [3.63, 3.8) is 0 Å². The molecule has 0 saturated heterocycles. The molecule has 2 heterocycles. The smallest absolute Gasteiger partial charge is 0.220 e. The average molecular weight is 266 g/mol. The van der Waals surface area contributed by atoms with E-state index in [9.17, 15) is 4.79 Å². The van der Waals surface area contributed by atoms with Gasteiger partial charge in [0.05, 0.1) is 11.2 Å². The van der Waals surface area contributed by atoms with E-state index in [0.717, 1.165) is 25.1 Å². The van der Waals surface area contributed by atoms with Gasteiger partial charge in [0.25, 0.3) is 0 Å². The Bertz CT molecular complexity index is 437. The molecule has 0 aliphatic carbocycles. The van der Waals surface area contributed by atoms with Crippen molar-refractivity contribution in [3.05, 3.63) is 39.0 Å². The Morgan fingerprint density at radius 3 is 3.06 bits per heavy atom. The van der Waals surface area contributed by atoms with E-state index in [1.807, 2.05) is 11.4 Å². The molecule has 0 radical (unpaired) electrons. The number of nitrogens with zero attached hydrogens (tertiary/aromatic N) is 1. The predicted octanol–water partition coefficient (Wildman–Crippen LogP) is 2.50. The molecule has 0 aliphatic rings. The van der Waals surface area contributed by atoms with Gasteiger partial charge in [-0.25, -0.2) is 4.98 Å². The zero-order chi connectivity index (χ0) is 11.9. The number of aryl methyl sites for hydroxylation is 1. The fourth-order valence-corrected chi connectivity index (χ4v) is 2.77. The fraction of sp³-hybridized carbons (Fsp3) is 0.333. The molecular formula is C12H14N2OS2. The number of aromatic nitrogens is 1. The Kier molecular flexibility index (Phi) is 4.70. The van der Waals surface area contributed by atoms with Crippen LogP contribution in [0.5, 0.6) is 0 Å². The lowest BCUT2D eigenvalue weighted by atomic mass is 10.2. The van der Waals surface area contributed by atoms with Crippen LogP contribution in [0.15, 0.2) is 28.4 Å². The van der Waals surface area contributed by atoms with Crippen LogP contribution < -0.4 is 5.32 Å². The van der Waals surface area contributed by atoms with Crippen LogP contribution in [0.2, 0.25) is 0 Å². The number of thiophene rings is 1. The van der Waals surface area contributed by atoms with E-state index >= 15 is 0 Å². The molecule has 0 spiro atoms. The average Bonchev–Trinajstić information content (AvgIpc) is 2.99. The highest BCUT2D eigenvalue weighted by atomic mass is 32.1. The number of carbonyl (C=O) groups is 1.